The molecule has 94 valence electrons. The maximum absolute atomic E-state index is 11.9. The number of para-hydroxylation sites is 1. The number of nitro groups is 1. The van der Waals surface area contributed by atoms with Gasteiger partial charge in [-0.3, -0.25) is 10.1 Å². The van der Waals surface area contributed by atoms with Gasteiger partial charge in [-0.25, -0.2) is 13.1 Å². The average molecular weight is 258 g/mol. The number of nitrogens with one attached hydrogen (secondary N) is 1. The Morgan fingerprint density at radius 3 is 2.53 bits per heavy atom. The molecular formula is C10H14N2O4S. The fourth-order valence-corrected chi connectivity index (χ4v) is 2.75. The number of nitrogens with zero attached hydrogens (tertiary/aromatic N) is 1. The SMILES string of the molecule is CC[C@H](C)NS(=O)(=O)c1ccccc1[N+](=O)[O-]. The molecule has 0 heterocycles. The summed E-state index contributed by atoms with van der Waals surface area (Å²) in [5, 5.41) is 10.7. The number of hydrogen-bond acceptors (Lipinski definition) is 4. The molecule has 6 nitrogen and oxygen atoms in total. The van der Waals surface area contributed by atoms with E-state index in [1.165, 1.54) is 24.3 Å². The van der Waals surface area contributed by atoms with Crippen LogP contribution in [-0.2, 0) is 10.0 Å². The summed E-state index contributed by atoms with van der Waals surface area (Å²) in [6.45, 7) is 3.53. The number of rotatable bonds is 5. The standard InChI is InChI=1S/C10H14N2O4S/c1-3-8(2)11-17(15,16)10-7-5-4-6-9(10)12(13)14/h4-8,11H,3H2,1-2H3/t8-/m0/s1. The third-order valence-corrected chi connectivity index (χ3v) is 3.96. The molecule has 1 N–H and O–H groups in total. The second-order valence-electron chi connectivity index (χ2n) is 3.66. The van der Waals surface area contributed by atoms with Crippen molar-refractivity contribution in [1.82, 2.24) is 4.72 Å². The zero-order valence-corrected chi connectivity index (χ0v) is 10.4. The normalized spacial score (nSPS) is 13.3. The van der Waals surface area contributed by atoms with E-state index >= 15 is 0 Å². The van der Waals surface area contributed by atoms with Gasteiger partial charge in [0.1, 0.15) is 0 Å². The van der Waals surface area contributed by atoms with Crippen LogP contribution < -0.4 is 4.72 Å². The van der Waals surface area contributed by atoms with Crippen molar-refractivity contribution < 1.29 is 13.3 Å². The van der Waals surface area contributed by atoms with Crippen LogP contribution in [0.3, 0.4) is 0 Å². The molecule has 0 aliphatic heterocycles. The minimum absolute atomic E-state index is 0.264. The molecule has 0 fully saturated rings. The minimum atomic E-state index is -3.84. The molecule has 0 saturated heterocycles. The third-order valence-electron chi connectivity index (χ3n) is 2.32. The van der Waals surface area contributed by atoms with Gasteiger partial charge in [-0.15, -0.1) is 0 Å². The molecule has 0 unspecified atom stereocenters. The number of hydrogen-bond donors (Lipinski definition) is 1. The van der Waals surface area contributed by atoms with Crippen molar-refractivity contribution in [3.63, 3.8) is 0 Å². The van der Waals surface area contributed by atoms with Crippen molar-refractivity contribution >= 4 is 15.7 Å². The van der Waals surface area contributed by atoms with Gasteiger partial charge in [0.25, 0.3) is 5.69 Å². The second-order valence-corrected chi connectivity index (χ2v) is 5.34. The molecule has 1 atom stereocenters. The van der Waals surface area contributed by atoms with E-state index in [9.17, 15) is 18.5 Å². The van der Waals surface area contributed by atoms with Gasteiger partial charge >= 0.3 is 0 Å². The van der Waals surface area contributed by atoms with Crippen LogP contribution in [0.15, 0.2) is 29.2 Å². The van der Waals surface area contributed by atoms with Crippen LogP contribution in [0.4, 0.5) is 5.69 Å². The first-order chi connectivity index (χ1) is 7.88. The lowest BCUT2D eigenvalue weighted by Crippen LogP contribution is -2.32. The van der Waals surface area contributed by atoms with Crippen LogP contribution in [0.25, 0.3) is 0 Å². The van der Waals surface area contributed by atoms with Gasteiger partial charge in [-0.05, 0) is 19.4 Å². The van der Waals surface area contributed by atoms with Crippen LogP contribution in [0.2, 0.25) is 0 Å². The molecule has 0 saturated carbocycles. The van der Waals surface area contributed by atoms with Crippen molar-refractivity contribution in [3.8, 4) is 0 Å². The molecule has 0 bridgehead atoms. The molecule has 0 radical (unpaired) electrons. The summed E-state index contributed by atoms with van der Waals surface area (Å²) in [5.41, 5.74) is -0.414. The molecule has 0 aliphatic rings. The molecule has 0 aromatic heterocycles. The summed E-state index contributed by atoms with van der Waals surface area (Å²) in [6.07, 6.45) is 0.611. The molecule has 1 rings (SSSR count). The predicted molar refractivity (Wildman–Crippen MR) is 63.2 cm³/mol. The van der Waals surface area contributed by atoms with Crippen molar-refractivity contribution in [2.45, 2.75) is 31.2 Å². The highest BCUT2D eigenvalue weighted by molar-refractivity contribution is 7.89. The minimum Gasteiger partial charge on any atom is -0.258 e. The number of nitro benzene ring substituents is 1. The quantitative estimate of drug-likeness (QED) is 0.642. The van der Waals surface area contributed by atoms with E-state index in [2.05, 4.69) is 4.72 Å². The smallest absolute Gasteiger partial charge is 0.258 e. The topological polar surface area (TPSA) is 89.3 Å². The van der Waals surface area contributed by atoms with Gasteiger partial charge in [0.2, 0.25) is 10.0 Å². The van der Waals surface area contributed by atoms with E-state index in [1.54, 1.807) is 6.92 Å². The fourth-order valence-electron chi connectivity index (χ4n) is 1.25. The summed E-state index contributed by atoms with van der Waals surface area (Å²) >= 11 is 0. The van der Waals surface area contributed by atoms with E-state index in [4.69, 9.17) is 0 Å². The Bertz CT molecular complexity index is 513. The Labute approximate surface area is 99.9 Å². The van der Waals surface area contributed by atoms with Gasteiger partial charge in [-0.1, -0.05) is 19.1 Å². The maximum atomic E-state index is 11.9. The van der Waals surface area contributed by atoms with E-state index in [0.717, 1.165) is 0 Å². The zero-order chi connectivity index (χ0) is 13.1. The Kier molecular flexibility index (Phi) is 4.19. The van der Waals surface area contributed by atoms with Crippen molar-refractivity contribution in [2.24, 2.45) is 0 Å². The maximum Gasteiger partial charge on any atom is 0.289 e. The second kappa shape index (κ2) is 5.24. The largest absolute Gasteiger partial charge is 0.289 e. The highest BCUT2D eigenvalue weighted by Gasteiger charge is 2.25. The summed E-state index contributed by atoms with van der Waals surface area (Å²) in [4.78, 5) is 9.73. The molecule has 7 heteroatoms. The number of sulfonamides is 1. The van der Waals surface area contributed by atoms with Gasteiger partial charge in [-0.2, -0.15) is 0 Å². The van der Waals surface area contributed by atoms with Gasteiger partial charge in [0, 0.05) is 12.1 Å². The Hall–Kier alpha value is -1.47. The summed E-state index contributed by atoms with van der Waals surface area (Å²) < 4.78 is 26.2. The zero-order valence-electron chi connectivity index (χ0n) is 9.58. The van der Waals surface area contributed by atoms with Crippen molar-refractivity contribution in [2.75, 3.05) is 0 Å². The molecule has 17 heavy (non-hydrogen) atoms. The monoisotopic (exact) mass is 258 g/mol. The summed E-state index contributed by atoms with van der Waals surface area (Å²) in [5.74, 6) is 0. The van der Waals surface area contributed by atoms with E-state index in [1.807, 2.05) is 6.92 Å². The predicted octanol–water partition coefficient (Wildman–Crippen LogP) is 1.67. The highest BCUT2D eigenvalue weighted by atomic mass is 32.2. The first-order valence-electron chi connectivity index (χ1n) is 5.14. The highest BCUT2D eigenvalue weighted by Crippen LogP contribution is 2.22. The molecule has 0 amide bonds. The van der Waals surface area contributed by atoms with Crippen molar-refractivity contribution in [1.29, 1.82) is 0 Å². The van der Waals surface area contributed by atoms with E-state index in [-0.39, 0.29) is 10.9 Å². The first-order valence-corrected chi connectivity index (χ1v) is 6.62. The van der Waals surface area contributed by atoms with Gasteiger partial charge in [0.15, 0.2) is 4.90 Å². The Morgan fingerprint density at radius 2 is 2.00 bits per heavy atom. The molecule has 0 aliphatic carbocycles. The Balaban J connectivity index is 3.20. The van der Waals surface area contributed by atoms with Crippen LogP contribution in [0, 0.1) is 10.1 Å². The lowest BCUT2D eigenvalue weighted by atomic mass is 10.3. The van der Waals surface area contributed by atoms with Gasteiger partial charge < -0.3 is 0 Å². The van der Waals surface area contributed by atoms with Crippen LogP contribution >= 0.6 is 0 Å². The van der Waals surface area contributed by atoms with Crippen LogP contribution in [0.5, 0.6) is 0 Å². The van der Waals surface area contributed by atoms with E-state index in [0.29, 0.717) is 6.42 Å². The van der Waals surface area contributed by atoms with E-state index < -0.39 is 20.6 Å². The number of benzene rings is 1. The molecule has 1 aromatic carbocycles. The van der Waals surface area contributed by atoms with Gasteiger partial charge in [0.05, 0.1) is 4.92 Å². The van der Waals surface area contributed by atoms with Crippen LogP contribution in [0.1, 0.15) is 20.3 Å². The first kappa shape index (κ1) is 13.6. The Morgan fingerprint density at radius 1 is 1.41 bits per heavy atom. The van der Waals surface area contributed by atoms with Crippen molar-refractivity contribution in [3.05, 3.63) is 34.4 Å². The lowest BCUT2D eigenvalue weighted by molar-refractivity contribution is -0.387. The summed E-state index contributed by atoms with van der Waals surface area (Å²) in [6, 6.07) is 5.02. The average Bonchev–Trinajstić information content (AvgIpc) is 2.28. The van der Waals surface area contributed by atoms with Crippen LogP contribution in [-0.4, -0.2) is 19.4 Å². The molecule has 1 aromatic rings. The molecular weight excluding hydrogens is 244 g/mol. The summed E-state index contributed by atoms with van der Waals surface area (Å²) in [7, 11) is -3.84. The molecule has 0 spiro atoms. The third kappa shape index (κ3) is 3.24. The lowest BCUT2D eigenvalue weighted by Gasteiger charge is -2.11. The fraction of sp³-hybridized carbons (Fsp3) is 0.400.